The number of carboxylic acids is 1. The molecule has 0 radical (unpaired) electrons. The van der Waals surface area contributed by atoms with E-state index in [-0.39, 0.29) is 25.9 Å². The van der Waals surface area contributed by atoms with E-state index in [9.17, 15) is 34.5 Å². The molecule has 6 unspecified atom stereocenters. The van der Waals surface area contributed by atoms with Crippen LogP contribution in [0, 0.1) is 0 Å². The Kier molecular flexibility index (Phi) is 51.1. The van der Waals surface area contributed by atoms with Crippen molar-refractivity contribution in [2.75, 3.05) is 13.2 Å². The Labute approximate surface area is 481 Å². The van der Waals surface area contributed by atoms with Crippen LogP contribution in [-0.4, -0.2) is 89.2 Å². The molecule has 12 nitrogen and oxygen atoms in total. The molecule has 1 saturated heterocycles. The number of aliphatic hydroxyl groups is 2. The number of carboxylic acid groups (broad SMARTS) is 1. The van der Waals surface area contributed by atoms with Gasteiger partial charge in [-0.3, -0.25) is 14.4 Å². The minimum atomic E-state index is -1.90. The summed E-state index contributed by atoms with van der Waals surface area (Å²) in [5.74, 6) is -3.13. The van der Waals surface area contributed by atoms with Crippen LogP contribution in [0.15, 0.2) is 60.8 Å². The molecule has 1 rings (SSSR count). The smallest absolute Gasteiger partial charge is 0.335 e. The maximum absolute atomic E-state index is 13.2. The van der Waals surface area contributed by atoms with Crippen molar-refractivity contribution in [2.24, 2.45) is 0 Å². The summed E-state index contributed by atoms with van der Waals surface area (Å²) in [6.07, 6.45) is 56.0. The van der Waals surface area contributed by atoms with Gasteiger partial charge in [0.15, 0.2) is 24.6 Å². The van der Waals surface area contributed by atoms with E-state index < -0.39 is 67.3 Å². The van der Waals surface area contributed by atoms with Gasteiger partial charge >= 0.3 is 23.9 Å². The highest BCUT2D eigenvalue weighted by Crippen LogP contribution is 2.27. The molecule has 1 heterocycles. The molecular weight excluding hydrogens is 997 g/mol. The maximum atomic E-state index is 13.2. The third-order valence-electron chi connectivity index (χ3n) is 14.6. The van der Waals surface area contributed by atoms with Crippen LogP contribution in [0.25, 0.3) is 0 Å². The van der Waals surface area contributed by atoms with E-state index in [1.54, 1.807) is 0 Å². The Hall–Kier alpha value is -3.58. The zero-order valence-electron chi connectivity index (χ0n) is 50.4. The average molecular weight is 1110 g/mol. The number of allylic oxidation sites excluding steroid dienone is 10. The van der Waals surface area contributed by atoms with Gasteiger partial charge in [-0.15, -0.1) is 0 Å². The molecule has 1 aliphatic heterocycles. The third kappa shape index (κ3) is 44.7. The van der Waals surface area contributed by atoms with E-state index in [0.717, 1.165) is 128 Å². The van der Waals surface area contributed by atoms with E-state index in [1.807, 2.05) is 0 Å². The van der Waals surface area contributed by atoms with Crippen LogP contribution in [0.4, 0.5) is 0 Å². The number of esters is 3. The first-order valence-corrected chi connectivity index (χ1v) is 32.3. The van der Waals surface area contributed by atoms with E-state index in [4.69, 9.17) is 23.7 Å². The van der Waals surface area contributed by atoms with Crippen molar-refractivity contribution in [1.29, 1.82) is 0 Å². The van der Waals surface area contributed by atoms with Crippen molar-refractivity contribution in [3.63, 3.8) is 0 Å². The molecular formula is C67H116O12. The number of carbonyl (C=O) groups excluding carboxylic acids is 3. The lowest BCUT2D eigenvalue weighted by Gasteiger charge is -2.40. The Bertz CT molecular complexity index is 1600. The first-order valence-electron chi connectivity index (χ1n) is 32.3. The van der Waals surface area contributed by atoms with E-state index in [0.29, 0.717) is 19.3 Å². The fourth-order valence-electron chi connectivity index (χ4n) is 9.65. The SMILES string of the molecule is CC/C=C\C/C=C\C/C=C\C/C=C\CCCCCCCCC(=O)OCC(COC1OC(C(=O)O)C(O)C(O)C1OC(=O)CCCCCCCCCCCCCCCCC)OC(=O)CCCCCCC/C=C\CCCCCCCC. The minimum Gasteiger partial charge on any atom is -0.479 e. The maximum Gasteiger partial charge on any atom is 0.335 e. The first-order chi connectivity index (χ1) is 38.6. The third-order valence-corrected chi connectivity index (χ3v) is 14.6. The van der Waals surface area contributed by atoms with E-state index in [1.165, 1.54) is 103 Å². The van der Waals surface area contributed by atoms with Gasteiger partial charge in [0.25, 0.3) is 0 Å². The fraction of sp³-hybridized carbons (Fsp3) is 0.791. The van der Waals surface area contributed by atoms with Gasteiger partial charge in [-0.1, -0.05) is 248 Å². The average Bonchev–Trinajstić information content (AvgIpc) is 3.46. The molecule has 0 saturated carbocycles. The normalized spacial score (nSPS) is 18.2. The highest BCUT2D eigenvalue weighted by atomic mass is 16.7. The molecule has 6 atom stereocenters. The Morgan fingerprint density at radius 1 is 0.430 bits per heavy atom. The molecule has 456 valence electrons. The van der Waals surface area contributed by atoms with Crippen molar-refractivity contribution in [1.82, 2.24) is 0 Å². The first kappa shape index (κ1) is 73.4. The number of rotatable bonds is 55. The summed E-state index contributed by atoms with van der Waals surface area (Å²) in [7, 11) is 0. The fourth-order valence-corrected chi connectivity index (χ4v) is 9.65. The zero-order valence-corrected chi connectivity index (χ0v) is 50.4. The van der Waals surface area contributed by atoms with Crippen LogP contribution in [0.2, 0.25) is 0 Å². The molecule has 3 N–H and O–H groups in total. The summed E-state index contributed by atoms with van der Waals surface area (Å²) < 4.78 is 28.5. The Morgan fingerprint density at radius 3 is 1.23 bits per heavy atom. The van der Waals surface area contributed by atoms with Crippen LogP contribution < -0.4 is 0 Å². The second-order valence-electron chi connectivity index (χ2n) is 22.0. The summed E-state index contributed by atoms with van der Waals surface area (Å²) in [5, 5.41) is 31.6. The minimum absolute atomic E-state index is 0.0614. The molecule has 12 heteroatoms. The van der Waals surface area contributed by atoms with Gasteiger partial charge in [0, 0.05) is 19.3 Å². The second-order valence-corrected chi connectivity index (χ2v) is 22.0. The van der Waals surface area contributed by atoms with Crippen molar-refractivity contribution in [3.8, 4) is 0 Å². The monoisotopic (exact) mass is 1110 g/mol. The van der Waals surface area contributed by atoms with Crippen LogP contribution in [-0.2, 0) is 42.9 Å². The van der Waals surface area contributed by atoms with Gasteiger partial charge in [0.05, 0.1) is 6.61 Å². The molecule has 0 aromatic rings. The van der Waals surface area contributed by atoms with Crippen molar-refractivity contribution in [2.45, 2.75) is 327 Å². The van der Waals surface area contributed by atoms with Gasteiger partial charge in [-0.25, -0.2) is 4.79 Å². The molecule has 1 fully saturated rings. The summed E-state index contributed by atoms with van der Waals surface area (Å²) in [4.78, 5) is 51.3. The van der Waals surface area contributed by atoms with Gasteiger partial charge in [-0.2, -0.15) is 0 Å². The van der Waals surface area contributed by atoms with Crippen molar-refractivity contribution >= 4 is 23.9 Å². The Morgan fingerprint density at radius 2 is 0.797 bits per heavy atom. The Balaban J connectivity index is 2.67. The molecule has 0 aliphatic carbocycles. The lowest BCUT2D eigenvalue weighted by Crippen LogP contribution is -2.61. The number of aliphatic carboxylic acids is 1. The largest absolute Gasteiger partial charge is 0.479 e. The highest BCUT2D eigenvalue weighted by Gasteiger charge is 2.50. The number of hydrogen-bond donors (Lipinski definition) is 3. The van der Waals surface area contributed by atoms with Crippen molar-refractivity contribution in [3.05, 3.63) is 60.8 Å². The second kappa shape index (κ2) is 55.0. The number of carbonyl (C=O) groups is 4. The molecule has 1 aliphatic rings. The van der Waals surface area contributed by atoms with E-state index >= 15 is 0 Å². The summed E-state index contributed by atoms with van der Waals surface area (Å²) in [5.41, 5.74) is 0. The predicted molar refractivity (Wildman–Crippen MR) is 322 cm³/mol. The zero-order chi connectivity index (χ0) is 57.5. The van der Waals surface area contributed by atoms with Crippen LogP contribution in [0.1, 0.15) is 290 Å². The van der Waals surface area contributed by atoms with Gasteiger partial charge < -0.3 is 39.0 Å². The van der Waals surface area contributed by atoms with Gasteiger partial charge in [-0.05, 0) is 83.5 Å². The summed E-state index contributed by atoms with van der Waals surface area (Å²) >= 11 is 0. The number of hydrogen-bond acceptors (Lipinski definition) is 11. The molecule has 0 amide bonds. The van der Waals surface area contributed by atoms with Gasteiger partial charge in [0.1, 0.15) is 18.8 Å². The van der Waals surface area contributed by atoms with E-state index in [2.05, 4.69) is 81.5 Å². The van der Waals surface area contributed by atoms with Crippen molar-refractivity contribution < 1.29 is 58.2 Å². The summed E-state index contributed by atoms with van der Waals surface area (Å²) in [6, 6.07) is 0. The summed E-state index contributed by atoms with van der Waals surface area (Å²) in [6.45, 7) is 5.89. The number of aliphatic hydroxyl groups excluding tert-OH is 2. The topological polar surface area (TPSA) is 175 Å². The van der Waals surface area contributed by atoms with Gasteiger partial charge in [0.2, 0.25) is 0 Å². The van der Waals surface area contributed by atoms with Crippen LogP contribution >= 0.6 is 0 Å². The lowest BCUT2D eigenvalue weighted by atomic mass is 9.98. The van der Waals surface area contributed by atoms with Crippen LogP contribution in [0.5, 0.6) is 0 Å². The predicted octanol–water partition coefficient (Wildman–Crippen LogP) is 17.1. The lowest BCUT2D eigenvalue weighted by molar-refractivity contribution is -0.301. The quantitative estimate of drug-likeness (QED) is 0.0228. The molecule has 0 spiro atoms. The molecule has 0 bridgehead atoms. The number of ether oxygens (including phenoxy) is 5. The van der Waals surface area contributed by atoms with Crippen LogP contribution in [0.3, 0.4) is 0 Å². The molecule has 79 heavy (non-hydrogen) atoms. The molecule has 0 aromatic heterocycles. The molecule has 0 aromatic carbocycles. The number of unbranched alkanes of at least 4 members (excludes halogenated alkanes) is 31. The highest BCUT2D eigenvalue weighted by molar-refractivity contribution is 5.74. The standard InChI is InChI=1S/C67H116O12/c1-4-7-10-13-16-19-22-25-28-29-30-31-34-35-38-41-44-47-50-53-59(68)75-56-58(77-60(69)54-51-48-45-42-39-36-32-26-23-20-17-14-11-8-5-2)57-76-67-65(63(72)62(71)64(79-67)66(73)74)78-61(70)55-52-49-46-43-40-37-33-27-24-21-18-15-12-9-6-3/h7,10,16,19,25-26,28,30-32,58,62-65,67,71-72H,4-6,8-9,11-15,17-18,20-24,27,29,33-57H2,1-3H3,(H,73,74)/b10-7-,19-16-,28-25-,31-30-,32-26-.